The van der Waals surface area contributed by atoms with Gasteiger partial charge in [-0.2, -0.15) is 0 Å². The number of amides is 1. The van der Waals surface area contributed by atoms with Crippen molar-refractivity contribution in [1.29, 1.82) is 0 Å². The van der Waals surface area contributed by atoms with E-state index in [4.69, 9.17) is 5.73 Å². The van der Waals surface area contributed by atoms with Gasteiger partial charge in [-0.25, -0.2) is 4.98 Å². The molecule has 3 N–H and O–H groups in total. The Kier molecular flexibility index (Phi) is 5.76. The average molecular weight is 291 g/mol. The van der Waals surface area contributed by atoms with Crippen molar-refractivity contribution in [3.8, 4) is 0 Å². The van der Waals surface area contributed by atoms with Crippen LogP contribution < -0.4 is 11.1 Å². The SMILES string of the molecule is CC(C)CCC(C)NC(=O)c1cc(N)nc(C(C)(C)C)c1. The molecule has 0 saturated carbocycles. The number of nitrogen functional groups attached to an aromatic ring is 1. The van der Waals surface area contributed by atoms with Gasteiger partial charge in [-0.3, -0.25) is 4.79 Å². The first kappa shape index (κ1) is 17.5. The van der Waals surface area contributed by atoms with Crippen LogP contribution in [0.3, 0.4) is 0 Å². The van der Waals surface area contributed by atoms with Crippen LogP contribution >= 0.6 is 0 Å². The molecule has 4 nitrogen and oxygen atoms in total. The fourth-order valence-corrected chi connectivity index (χ4v) is 2.03. The number of rotatable bonds is 5. The largest absolute Gasteiger partial charge is 0.384 e. The third kappa shape index (κ3) is 5.74. The highest BCUT2D eigenvalue weighted by molar-refractivity contribution is 5.95. The van der Waals surface area contributed by atoms with Gasteiger partial charge in [0.15, 0.2) is 0 Å². The number of nitrogens with zero attached hydrogens (tertiary/aromatic N) is 1. The van der Waals surface area contributed by atoms with Crippen molar-refractivity contribution in [3.63, 3.8) is 0 Å². The summed E-state index contributed by atoms with van der Waals surface area (Å²) in [5.41, 5.74) is 7.12. The van der Waals surface area contributed by atoms with Gasteiger partial charge in [-0.05, 0) is 37.8 Å². The lowest BCUT2D eigenvalue weighted by Gasteiger charge is -2.20. The van der Waals surface area contributed by atoms with Crippen LogP contribution in [0.15, 0.2) is 12.1 Å². The Hall–Kier alpha value is -1.58. The quantitative estimate of drug-likeness (QED) is 0.872. The van der Waals surface area contributed by atoms with Gasteiger partial charge in [0.2, 0.25) is 0 Å². The smallest absolute Gasteiger partial charge is 0.251 e. The second kappa shape index (κ2) is 6.92. The number of pyridine rings is 1. The maximum atomic E-state index is 12.3. The lowest BCUT2D eigenvalue weighted by Crippen LogP contribution is -2.33. The number of nitrogens with one attached hydrogen (secondary N) is 1. The van der Waals surface area contributed by atoms with E-state index in [0.717, 1.165) is 18.5 Å². The maximum absolute atomic E-state index is 12.3. The molecule has 0 bridgehead atoms. The van der Waals surface area contributed by atoms with E-state index in [0.29, 0.717) is 17.3 Å². The molecular weight excluding hydrogens is 262 g/mol. The molecule has 4 heteroatoms. The van der Waals surface area contributed by atoms with Gasteiger partial charge in [0.25, 0.3) is 5.91 Å². The zero-order valence-electron chi connectivity index (χ0n) is 14.2. The number of hydrogen-bond acceptors (Lipinski definition) is 3. The van der Waals surface area contributed by atoms with E-state index >= 15 is 0 Å². The number of hydrogen-bond donors (Lipinski definition) is 2. The molecule has 0 aromatic carbocycles. The monoisotopic (exact) mass is 291 g/mol. The lowest BCUT2D eigenvalue weighted by atomic mass is 9.90. The van der Waals surface area contributed by atoms with Crippen LogP contribution in [0.4, 0.5) is 5.82 Å². The summed E-state index contributed by atoms with van der Waals surface area (Å²) >= 11 is 0. The Morgan fingerprint density at radius 2 is 1.86 bits per heavy atom. The molecule has 118 valence electrons. The van der Waals surface area contributed by atoms with Crippen molar-refractivity contribution in [2.45, 2.75) is 65.8 Å². The summed E-state index contributed by atoms with van der Waals surface area (Å²) < 4.78 is 0. The Labute approximate surface area is 128 Å². The highest BCUT2D eigenvalue weighted by Gasteiger charge is 2.19. The van der Waals surface area contributed by atoms with Gasteiger partial charge in [0.1, 0.15) is 5.82 Å². The molecule has 1 unspecified atom stereocenters. The van der Waals surface area contributed by atoms with Crippen molar-refractivity contribution >= 4 is 11.7 Å². The Morgan fingerprint density at radius 3 is 2.38 bits per heavy atom. The molecule has 1 amide bonds. The molecule has 0 fully saturated rings. The van der Waals surface area contributed by atoms with Crippen LogP contribution in [-0.2, 0) is 5.41 Å². The maximum Gasteiger partial charge on any atom is 0.251 e. The van der Waals surface area contributed by atoms with Crippen LogP contribution in [0.5, 0.6) is 0 Å². The van der Waals surface area contributed by atoms with Crippen LogP contribution in [-0.4, -0.2) is 16.9 Å². The average Bonchev–Trinajstić information content (AvgIpc) is 2.34. The minimum atomic E-state index is -0.131. The predicted molar refractivity (Wildman–Crippen MR) is 88.3 cm³/mol. The van der Waals surface area contributed by atoms with Gasteiger partial charge in [0, 0.05) is 22.7 Å². The summed E-state index contributed by atoms with van der Waals surface area (Å²) in [6, 6.07) is 3.63. The van der Waals surface area contributed by atoms with E-state index < -0.39 is 0 Å². The van der Waals surface area contributed by atoms with Gasteiger partial charge < -0.3 is 11.1 Å². The van der Waals surface area contributed by atoms with Crippen LogP contribution in [0.25, 0.3) is 0 Å². The van der Waals surface area contributed by atoms with E-state index in [1.165, 1.54) is 0 Å². The van der Waals surface area contributed by atoms with Crippen LogP contribution in [0.1, 0.15) is 70.4 Å². The van der Waals surface area contributed by atoms with E-state index in [2.05, 4.69) is 44.9 Å². The minimum Gasteiger partial charge on any atom is -0.384 e. The van der Waals surface area contributed by atoms with E-state index in [9.17, 15) is 4.79 Å². The van der Waals surface area contributed by atoms with Crippen LogP contribution in [0, 0.1) is 5.92 Å². The second-order valence-electron chi connectivity index (χ2n) is 7.26. The molecule has 0 aliphatic carbocycles. The summed E-state index contributed by atoms with van der Waals surface area (Å²) in [5, 5.41) is 3.04. The summed E-state index contributed by atoms with van der Waals surface area (Å²) in [6.07, 6.45) is 2.09. The first-order valence-electron chi connectivity index (χ1n) is 7.68. The highest BCUT2D eigenvalue weighted by atomic mass is 16.1. The molecule has 1 aromatic rings. The normalized spacial score (nSPS) is 13.3. The first-order valence-corrected chi connectivity index (χ1v) is 7.68. The number of aromatic nitrogens is 1. The number of nitrogens with two attached hydrogens (primary N) is 1. The molecular formula is C17H29N3O. The topological polar surface area (TPSA) is 68.0 Å². The van der Waals surface area contributed by atoms with Gasteiger partial charge in [0.05, 0.1) is 0 Å². The van der Waals surface area contributed by atoms with Crippen molar-refractivity contribution in [2.24, 2.45) is 5.92 Å². The Morgan fingerprint density at radius 1 is 1.24 bits per heavy atom. The molecule has 0 aliphatic heterocycles. The van der Waals surface area contributed by atoms with Gasteiger partial charge >= 0.3 is 0 Å². The number of carbonyl (C=O) groups excluding carboxylic acids is 1. The molecule has 0 aliphatic rings. The second-order valence-corrected chi connectivity index (χ2v) is 7.26. The fraction of sp³-hybridized carbons (Fsp3) is 0.647. The predicted octanol–water partition coefficient (Wildman–Crippen LogP) is 3.52. The lowest BCUT2D eigenvalue weighted by molar-refractivity contribution is 0.0937. The Balaban J connectivity index is 2.81. The zero-order valence-corrected chi connectivity index (χ0v) is 14.2. The van der Waals surface area contributed by atoms with E-state index in [-0.39, 0.29) is 17.4 Å². The van der Waals surface area contributed by atoms with E-state index in [1.54, 1.807) is 6.07 Å². The standard InChI is InChI=1S/C17H29N3O/c1-11(2)7-8-12(3)19-16(21)13-9-14(17(4,5)6)20-15(18)10-13/h9-12H,7-8H2,1-6H3,(H2,18,20)(H,19,21). The third-order valence-corrected chi connectivity index (χ3v) is 3.43. The third-order valence-electron chi connectivity index (χ3n) is 3.43. The number of anilines is 1. The molecule has 0 spiro atoms. The summed E-state index contributed by atoms with van der Waals surface area (Å²) in [7, 11) is 0. The molecule has 21 heavy (non-hydrogen) atoms. The zero-order chi connectivity index (χ0) is 16.2. The van der Waals surface area contributed by atoms with Crippen molar-refractivity contribution < 1.29 is 4.79 Å². The number of carbonyl (C=O) groups is 1. The van der Waals surface area contributed by atoms with Crippen LogP contribution in [0.2, 0.25) is 0 Å². The molecule has 1 aromatic heterocycles. The fourth-order valence-electron chi connectivity index (χ4n) is 2.03. The van der Waals surface area contributed by atoms with E-state index in [1.807, 2.05) is 13.0 Å². The van der Waals surface area contributed by atoms with Crippen molar-refractivity contribution in [2.75, 3.05) is 5.73 Å². The van der Waals surface area contributed by atoms with Crippen molar-refractivity contribution in [3.05, 3.63) is 23.4 Å². The summed E-state index contributed by atoms with van der Waals surface area (Å²) in [6.45, 7) is 12.6. The summed E-state index contributed by atoms with van der Waals surface area (Å²) in [5.74, 6) is 0.960. The first-order chi connectivity index (χ1) is 9.59. The highest BCUT2D eigenvalue weighted by Crippen LogP contribution is 2.22. The molecule has 1 atom stereocenters. The van der Waals surface area contributed by atoms with Crippen molar-refractivity contribution in [1.82, 2.24) is 10.3 Å². The minimum absolute atomic E-state index is 0.0779. The molecule has 0 radical (unpaired) electrons. The van der Waals surface area contributed by atoms with Gasteiger partial charge in [-0.15, -0.1) is 0 Å². The molecule has 0 saturated heterocycles. The Bertz CT molecular complexity index is 489. The van der Waals surface area contributed by atoms with Gasteiger partial charge in [-0.1, -0.05) is 34.6 Å². The molecule has 1 heterocycles. The molecule has 1 rings (SSSR count). The summed E-state index contributed by atoms with van der Waals surface area (Å²) in [4.78, 5) is 16.7.